The predicted octanol–water partition coefficient (Wildman–Crippen LogP) is 3.55. The Balaban J connectivity index is -0.000000382. The van der Waals surface area contributed by atoms with Gasteiger partial charge in [-0.1, -0.05) is 32.4 Å². The second-order valence-corrected chi connectivity index (χ2v) is 7.10. The highest BCUT2D eigenvalue weighted by Crippen LogP contribution is 2.18. The Morgan fingerprint density at radius 1 is 1.09 bits per heavy atom. The molecule has 0 amide bonds. The van der Waals surface area contributed by atoms with Gasteiger partial charge < -0.3 is 16.4 Å². The Kier molecular flexibility index (Phi) is 19.2. The molecule has 2 rings (SSSR count). The minimum atomic E-state index is 0. The van der Waals surface area contributed by atoms with Crippen LogP contribution in [0.1, 0.15) is 66.2 Å². The number of nitrogens with zero attached hydrogens (tertiary/aromatic N) is 1. The van der Waals surface area contributed by atoms with E-state index in [1.807, 2.05) is 0 Å². The van der Waals surface area contributed by atoms with E-state index in [1.165, 1.54) is 54.2 Å². The molecule has 0 aromatic heterocycles. The summed E-state index contributed by atoms with van der Waals surface area (Å²) in [5.41, 5.74) is 3.84. The van der Waals surface area contributed by atoms with Gasteiger partial charge in [-0.25, -0.2) is 0 Å². The van der Waals surface area contributed by atoms with Crippen LogP contribution in [0.2, 0.25) is 0 Å². The Hall–Kier alpha value is -0.620. The number of thioether (sulfide) groups is 1. The first-order valence-corrected chi connectivity index (χ1v) is 9.28. The maximum atomic E-state index is 4.67. The molecule has 0 aliphatic carbocycles. The molecule has 23 heavy (non-hydrogen) atoms. The van der Waals surface area contributed by atoms with E-state index in [1.54, 1.807) is 0 Å². The summed E-state index contributed by atoms with van der Waals surface area (Å²) in [5.74, 6) is 3.51. The zero-order valence-electron chi connectivity index (χ0n) is 15.2. The molecular weight excluding hydrogens is 310 g/mol. The molecule has 2 aliphatic heterocycles. The lowest BCUT2D eigenvalue weighted by Gasteiger charge is -2.05. The summed E-state index contributed by atoms with van der Waals surface area (Å²) >= 11 is 2.09. The van der Waals surface area contributed by atoms with Crippen molar-refractivity contribution in [3.05, 3.63) is 23.4 Å². The average molecular weight is 348 g/mol. The van der Waals surface area contributed by atoms with E-state index in [4.69, 9.17) is 0 Å². The first kappa shape index (κ1) is 27.2. The molecule has 0 spiro atoms. The molecule has 1 saturated heterocycles. The lowest BCUT2D eigenvalue weighted by molar-refractivity contribution is 0.669. The van der Waals surface area contributed by atoms with Gasteiger partial charge in [-0.15, -0.1) is 0 Å². The number of hydrogen-bond donors (Lipinski definition) is 0. The highest BCUT2D eigenvalue weighted by molar-refractivity contribution is 7.99. The van der Waals surface area contributed by atoms with Crippen LogP contribution in [0.15, 0.2) is 28.4 Å². The highest BCUT2D eigenvalue weighted by Gasteiger charge is 2.04. The van der Waals surface area contributed by atoms with Crippen molar-refractivity contribution < 1.29 is 16.4 Å². The summed E-state index contributed by atoms with van der Waals surface area (Å²) in [5, 5.41) is 0. The van der Waals surface area contributed by atoms with E-state index in [0.29, 0.717) is 5.92 Å². The van der Waals surface area contributed by atoms with E-state index >= 15 is 0 Å². The molecule has 0 bridgehead atoms. The Morgan fingerprint density at radius 3 is 2.13 bits per heavy atom. The van der Waals surface area contributed by atoms with Gasteiger partial charge in [-0.2, -0.15) is 11.8 Å². The summed E-state index contributed by atoms with van der Waals surface area (Å²) in [6.45, 7) is 8.74. The topological polar surface area (TPSA) is 107 Å². The molecule has 0 aromatic carbocycles. The lowest BCUT2D eigenvalue weighted by atomic mass is 10.0. The average Bonchev–Trinajstić information content (AvgIpc) is 2.55. The monoisotopic (exact) mass is 347 g/mol. The second-order valence-electron chi connectivity index (χ2n) is 5.88. The standard InChI is InChI=1S/C13H21N.C5H10S.3H2O/c1-5-13-11(3)8-6-10(2)7-9-12(4)14-13;1-2-4-6-5-3-1;;;/h6,8,10H,5,7,9H2,1-4H3;1-5H2;3*1H2/b8-6-,13-11+,14-12?;;;;. The van der Waals surface area contributed by atoms with E-state index in [2.05, 4.69) is 56.6 Å². The zero-order chi connectivity index (χ0) is 14.8. The van der Waals surface area contributed by atoms with Crippen LogP contribution in [-0.2, 0) is 0 Å². The maximum absolute atomic E-state index is 4.67. The zero-order valence-corrected chi connectivity index (χ0v) is 16.1. The van der Waals surface area contributed by atoms with Crippen LogP contribution in [0.5, 0.6) is 0 Å². The Bertz CT molecular complexity index is 363. The maximum Gasteiger partial charge on any atom is 0.0429 e. The molecule has 2 heterocycles. The molecule has 1 fully saturated rings. The van der Waals surface area contributed by atoms with Gasteiger partial charge in [0.2, 0.25) is 0 Å². The minimum absolute atomic E-state index is 0. The highest BCUT2D eigenvalue weighted by atomic mass is 32.2. The fourth-order valence-corrected chi connectivity index (χ4v) is 3.38. The van der Waals surface area contributed by atoms with Gasteiger partial charge >= 0.3 is 0 Å². The van der Waals surface area contributed by atoms with E-state index < -0.39 is 0 Å². The van der Waals surface area contributed by atoms with Crippen LogP contribution < -0.4 is 0 Å². The Labute approximate surface area is 146 Å². The number of allylic oxidation sites excluding steroid dienone is 4. The smallest absolute Gasteiger partial charge is 0.0429 e. The first-order valence-electron chi connectivity index (χ1n) is 8.13. The second kappa shape index (κ2) is 16.2. The fraction of sp³-hybridized carbons (Fsp3) is 0.722. The van der Waals surface area contributed by atoms with Crippen molar-refractivity contribution >= 4 is 17.5 Å². The minimum Gasteiger partial charge on any atom is -0.412 e. The largest absolute Gasteiger partial charge is 0.412 e. The van der Waals surface area contributed by atoms with Crippen molar-refractivity contribution in [3.63, 3.8) is 0 Å². The van der Waals surface area contributed by atoms with Gasteiger partial charge in [-0.3, -0.25) is 4.99 Å². The van der Waals surface area contributed by atoms with Crippen molar-refractivity contribution in [3.8, 4) is 0 Å². The van der Waals surface area contributed by atoms with Crippen molar-refractivity contribution in [2.45, 2.75) is 66.2 Å². The van der Waals surface area contributed by atoms with Gasteiger partial charge in [0.05, 0.1) is 0 Å². The molecule has 0 radical (unpaired) electrons. The van der Waals surface area contributed by atoms with Gasteiger partial charge in [0.1, 0.15) is 0 Å². The van der Waals surface area contributed by atoms with Gasteiger partial charge in [0.15, 0.2) is 0 Å². The van der Waals surface area contributed by atoms with Crippen LogP contribution in [0.4, 0.5) is 0 Å². The molecule has 138 valence electrons. The van der Waals surface area contributed by atoms with Crippen LogP contribution >= 0.6 is 11.8 Å². The van der Waals surface area contributed by atoms with Gasteiger partial charge in [0, 0.05) is 11.4 Å². The summed E-state index contributed by atoms with van der Waals surface area (Å²) in [6, 6.07) is 0. The van der Waals surface area contributed by atoms with E-state index in [9.17, 15) is 0 Å². The molecular formula is C18H37NO3S. The fourth-order valence-electron chi connectivity index (χ4n) is 2.36. The Morgan fingerprint density at radius 2 is 1.70 bits per heavy atom. The van der Waals surface area contributed by atoms with Crippen LogP contribution in [0.25, 0.3) is 0 Å². The van der Waals surface area contributed by atoms with Crippen LogP contribution in [0.3, 0.4) is 0 Å². The SMILES string of the molecule is C1CCSCC1.CC/C1=C(C)\C=C/C(C)CCC(C)=N1.O.O.O. The summed E-state index contributed by atoms with van der Waals surface area (Å²) in [7, 11) is 0. The third-order valence-corrected chi connectivity index (χ3v) is 4.98. The van der Waals surface area contributed by atoms with E-state index in [0.717, 1.165) is 12.8 Å². The van der Waals surface area contributed by atoms with Gasteiger partial charge in [-0.05, 0) is 68.9 Å². The van der Waals surface area contributed by atoms with Crippen molar-refractivity contribution in [2.24, 2.45) is 10.9 Å². The molecule has 1 atom stereocenters. The molecule has 6 N–H and O–H groups in total. The van der Waals surface area contributed by atoms with Crippen LogP contribution in [-0.4, -0.2) is 33.6 Å². The summed E-state index contributed by atoms with van der Waals surface area (Å²) in [4.78, 5) is 4.67. The molecule has 0 saturated carbocycles. The van der Waals surface area contributed by atoms with Crippen molar-refractivity contribution in [1.82, 2.24) is 0 Å². The molecule has 4 nitrogen and oxygen atoms in total. The summed E-state index contributed by atoms with van der Waals surface area (Å²) < 4.78 is 0. The molecule has 2 aliphatic rings. The van der Waals surface area contributed by atoms with Crippen molar-refractivity contribution in [1.29, 1.82) is 0 Å². The number of aliphatic imine (C=N–C) groups is 1. The van der Waals surface area contributed by atoms with E-state index in [-0.39, 0.29) is 16.4 Å². The number of hydrogen-bond acceptors (Lipinski definition) is 2. The van der Waals surface area contributed by atoms with Crippen molar-refractivity contribution in [2.75, 3.05) is 11.5 Å². The lowest BCUT2D eigenvalue weighted by Crippen LogP contribution is -1.96. The van der Waals surface area contributed by atoms with Gasteiger partial charge in [0.25, 0.3) is 0 Å². The third-order valence-electron chi connectivity index (χ3n) is 3.83. The normalized spacial score (nSPS) is 25.4. The predicted molar refractivity (Wildman–Crippen MR) is 106 cm³/mol. The molecule has 5 heteroatoms. The molecule has 1 unspecified atom stereocenters. The summed E-state index contributed by atoms with van der Waals surface area (Å²) in [6.07, 6.45) is 12.3. The molecule has 0 aromatic rings. The quantitative estimate of drug-likeness (QED) is 0.710. The van der Waals surface area contributed by atoms with Crippen LogP contribution in [0, 0.1) is 5.92 Å². The number of rotatable bonds is 1. The first-order chi connectivity index (χ1) is 9.63. The third kappa shape index (κ3) is 12.5.